The molecule has 5 rings (SSSR count). The molecule has 3 aliphatic heterocycles. The van der Waals surface area contributed by atoms with Gasteiger partial charge in [-0.05, 0) is 43.0 Å². The molecule has 0 aromatic heterocycles. The number of hydrogen-bond donors (Lipinski definition) is 0. The highest BCUT2D eigenvalue weighted by Gasteiger charge is 2.54. The molecule has 8 heteroatoms. The van der Waals surface area contributed by atoms with Crippen molar-refractivity contribution >= 4 is 35.2 Å². The number of benzene rings is 2. The fourth-order valence-corrected chi connectivity index (χ4v) is 5.01. The summed E-state index contributed by atoms with van der Waals surface area (Å²) in [7, 11) is 1.73. The Labute approximate surface area is 192 Å². The normalized spacial score (nSPS) is 22.4. The molecule has 2 atom stereocenters. The highest BCUT2D eigenvalue weighted by molar-refractivity contribution is 6.31. The van der Waals surface area contributed by atoms with E-state index in [9.17, 15) is 9.59 Å². The van der Waals surface area contributed by atoms with E-state index in [1.54, 1.807) is 11.9 Å². The predicted molar refractivity (Wildman–Crippen MR) is 125 cm³/mol. The number of fused-ring (bicyclic) bond motifs is 3. The van der Waals surface area contributed by atoms with Gasteiger partial charge in [-0.2, -0.15) is 0 Å². The van der Waals surface area contributed by atoms with E-state index in [-0.39, 0.29) is 11.9 Å². The molecular weight excluding hydrogens is 426 g/mol. The van der Waals surface area contributed by atoms with E-state index >= 15 is 0 Å². The number of amides is 3. The van der Waals surface area contributed by atoms with Gasteiger partial charge in [0.2, 0.25) is 5.96 Å². The van der Waals surface area contributed by atoms with Gasteiger partial charge < -0.3 is 14.7 Å². The van der Waals surface area contributed by atoms with Crippen molar-refractivity contribution in [3.05, 3.63) is 64.7 Å². The lowest BCUT2D eigenvalue weighted by molar-refractivity contribution is -0.137. The molecule has 2 saturated heterocycles. The van der Waals surface area contributed by atoms with E-state index in [2.05, 4.69) is 17.0 Å². The van der Waals surface area contributed by atoms with Gasteiger partial charge in [0.05, 0.1) is 0 Å². The molecule has 32 heavy (non-hydrogen) atoms. The fraction of sp³-hybridized carbons (Fsp3) is 0.375. The first-order valence-electron chi connectivity index (χ1n) is 11.0. The number of halogens is 1. The second-order valence-corrected chi connectivity index (χ2v) is 8.90. The summed E-state index contributed by atoms with van der Waals surface area (Å²) in [5.74, 6) is 0.582. The van der Waals surface area contributed by atoms with Crippen molar-refractivity contribution in [3.63, 3.8) is 0 Å². The van der Waals surface area contributed by atoms with E-state index in [0.717, 1.165) is 36.6 Å². The van der Waals surface area contributed by atoms with Crippen molar-refractivity contribution in [3.8, 4) is 0 Å². The first kappa shape index (κ1) is 20.8. The number of guanidine groups is 1. The van der Waals surface area contributed by atoms with E-state index in [0.29, 0.717) is 18.1 Å². The van der Waals surface area contributed by atoms with Gasteiger partial charge in [0.1, 0.15) is 0 Å². The van der Waals surface area contributed by atoms with Gasteiger partial charge in [0.15, 0.2) is 12.2 Å². The minimum atomic E-state index is -0.502. The Kier molecular flexibility index (Phi) is 5.29. The lowest BCUT2D eigenvalue weighted by Crippen LogP contribution is -2.64. The number of urea groups is 1. The van der Waals surface area contributed by atoms with Gasteiger partial charge >= 0.3 is 6.03 Å². The summed E-state index contributed by atoms with van der Waals surface area (Å²) in [5, 5.41) is 0.699. The second-order valence-electron chi connectivity index (χ2n) is 8.49. The summed E-state index contributed by atoms with van der Waals surface area (Å²) in [6.45, 7) is 3.79. The van der Waals surface area contributed by atoms with E-state index < -0.39 is 12.2 Å². The van der Waals surface area contributed by atoms with Crippen molar-refractivity contribution in [2.24, 2.45) is 4.99 Å². The van der Waals surface area contributed by atoms with Crippen molar-refractivity contribution in [2.75, 3.05) is 31.6 Å². The van der Waals surface area contributed by atoms with Crippen LogP contribution in [0.5, 0.6) is 0 Å². The molecule has 0 N–H and O–H groups in total. The van der Waals surface area contributed by atoms with Crippen LogP contribution in [0.4, 0.5) is 10.5 Å². The van der Waals surface area contributed by atoms with Crippen LogP contribution in [0.15, 0.2) is 53.5 Å². The minimum absolute atomic E-state index is 0.158. The summed E-state index contributed by atoms with van der Waals surface area (Å²) in [4.78, 5) is 38.4. The molecule has 0 bridgehead atoms. The number of likely N-dealkylation sites (N-methyl/N-ethyl adjacent to an activating group) is 1. The summed E-state index contributed by atoms with van der Waals surface area (Å²) in [5.41, 5.74) is 3.17. The monoisotopic (exact) mass is 451 g/mol. The standard InChI is InChI=1S/C24H26ClN5O2/c1-16-18(25)11-6-12-19(16)28-14-15-29-20-21(26-23(28)29)27(2)24(32)30(22(20)31)13-7-10-17-8-4-3-5-9-17/h3-6,8-9,11-12,20-21H,7,10,13-15H2,1-2H3. The number of aliphatic imine (C=N–C) groups is 1. The van der Waals surface area contributed by atoms with Crippen LogP contribution in [0.1, 0.15) is 17.5 Å². The molecule has 2 unspecified atom stereocenters. The molecule has 3 heterocycles. The van der Waals surface area contributed by atoms with E-state index in [4.69, 9.17) is 16.6 Å². The molecule has 2 aromatic carbocycles. The first-order valence-corrected chi connectivity index (χ1v) is 11.3. The summed E-state index contributed by atoms with van der Waals surface area (Å²) < 4.78 is 0. The Bertz CT molecular complexity index is 1090. The van der Waals surface area contributed by atoms with Crippen LogP contribution in [0.3, 0.4) is 0 Å². The zero-order valence-electron chi connectivity index (χ0n) is 18.2. The van der Waals surface area contributed by atoms with Crippen molar-refractivity contribution in [1.82, 2.24) is 14.7 Å². The third-order valence-corrected chi connectivity index (χ3v) is 7.01. The van der Waals surface area contributed by atoms with Gasteiger partial charge in [0, 0.05) is 37.4 Å². The van der Waals surface area contributed by atoms with Crippen molar-refractivity contribution in [1.29, 1.82) is 0 Å². The Morgan fingerprint density at radius 1 is 1.06 bits per heavy atom. The maximum absolute atomic E-state index is 13.4. The number of hydrogen-bond acceptors (Lipinski definition) is 5. The number of rotatable bonds is 5. The molecular formula is C24H26ClN5O2. The lowest BCUT2D eigenvalue weighted by atomic mass is 10.1. The van der Waals surface area contributed by atoms with Crippen LogP contribution in [-0.2, 0) is 11.2 Å². The summed E-state index contributed by atoms with van der Waals surface area (Å²) in [6, 6.07) is 15.2. The van der Waals surface area contributed by atoms with Crippen LogP contribution in [0.2, 0.25) is 5.02 Å². The van der Waals surface area contributed by atoms with Crippen LogP contribution in [-0.4, -0.2) is 71.5 Å². The maximum Gasteiger partial charge on any atom is 0.328 e. The second kappa shape index (κ2) is 8.13. The number of carbonyl (C=O) groups is 2. The zero-order valence-corrected chi connectivity index (χ0v) is 19.0. The quantitative estimate of drug-likeness (QED) is 0.699. The van der Waals surface area contributed by atoms with E-state index in [1.165, 1.54) is 10.5 Å². The highest BCUT2D eigenvalue weighted by Crippen LogP contribution is 2.35. The van der Waals surface area contributed by atoms with Gasteiger partial charge in [-0.1, -0.05) is 48.0 Å². The van der Waals surface area contributed by atoms with Gasteiger partial charge in [-0.3, -0.25) is 9.69 Å². The molecule has 3 aliphatic rings. The van der Waals surface area contributed by atoms with Gasteiger partial charge in [-0.15, -0.1) is 0 Å². The summed E-state index contributed by atoms with van der Waals surface area (Å²) in [6.07, 6.45) is 1.05. The van der Waals surface area contributed by atoms with Crippen LogP contribution >= 0.6 is 11.6 Å². The van der Waals surface area contributed by atoms with Crippen molar-refractivity contribution < 1.29 is 9.59 Å². The third-order valence-electron chi connectivity index (χ3n) is 6.60. The third kappa shape index (κ3) is 3.32. The predicted octanol–water partition coefficient (Wildman–Crippen LogP) is 3.36. The first-order chi connectivity index (χ1) is 15.5. The maximum atomic E-state index is 13.4. The lowest BCUT2D eigenvalue weighted by Gasteiger charge is -2.40. The Balaban J connectivity index is 1.35. The molecule has 2 fully saturated rings. The molecule has 2 aromatic rings. The largest absolute Gasteiger partial charge is 0.328 e. The van der Waals surface area contributed by atoms with Crippen LogP contribution in [0.25, 0.3) is 0 Å². The van der Waals surface area contributed by atoms with Crippen LogP contribution < -0.4 is 4.90 Å². The number of imide groups is 1. The molecule has 0 spiro atoms. The number of carbonyl (C=O) groups excluding carboxylic acids is 2. The average molecular weight is 452 g/mol. The topological polar surface area (TPSA) is 59.5 Å². The summed E-state index contributed by atoms with van der Waals surface area (Å²) >= 11 is 6.34. The molecule has 0 aliphatic carbocycles. The SMILES string of the molecule is Cc1c(Cl)cccc1N1CCN2C1=NC1C2C(=O)N(CCCc2ccccc2)C(=O)N1C. The Hall–Kier alpha value is -3.06. The van der Waals surface area contributed by atoms with Crippen LogP contribution in [0, 0.1) is 6.92 Å². The van der Waals surface area contributed by atoms with Gasteiger partial charge in [-0.25, -0.2) is 9.79 Å². The smallest absolute Gasteiger partial charge is 0.325 e. The number of nitrogens with zero attached hydrogens (tertiary/aromatic N) is 5. The van der Waals surface area contributed by atoms with E-state index in [1.807, 2.05) is 48.2 Å². The molecule has 166 valence electrons. The Morgan fingerprint density at radius 2 is 1.84 bits per heavy atom. The average Bonchev–Trinajstić information content (AvgIpc) is 3.37. The zero-order chi connectivity index (χ0) is 22.4. The number of aryl methyl sites for hydroxylation is 1. The molecule has 0 saturated carbocycles. The molecule has 3 amide bonds. The molecule has 7 nitrogen and oxygen atoms in total. The fourth-order valence-electron chi connectivity index (χ4n) is 4.85. The van der Waals surface area contributed by atoms with Gasteiger partial charge in [0.25, 0.3) is 5.91 Å². The number of anilines is 1. The highest BCUT2D eigenvalue weighted by atomic mass is 35.5. The Morgan fingerprint density at radius 3 is 2.62 bits per heavy atom. The van der Waals surface area contributed by atoms with Crippen molar-refractivity contribution in [2.45, 2.75) is 32.0 Å². The molecule has 0 radical (unpaired) electrons. The minimum Gasteiger partial charge on any atom is -0.325 e.